The fraction of sp³-hybridized carbons (Fsp3) is 0. The van der Waals surface area contributed by atoms with Gasteiger partial charge < -0.3 is 4.57 Å². The molecule has 0 spiro atoms. The van der Waals surface area contributed by atoms with Crippen molar-refractivity contribution >= 4 is 56.6 Å². The van der Waals surface area contributed by atoms with Gasteiger partial charge in [0.2, 0.25) is 0 Å². The summed E-state index contributed by atoms with van der Waals surface area (Å²) in [7, 11) is 0. The molecule has 1 heterocycles. The second-order valence-electron chi connectivity index (χ2n) is 9.13. The molecule has 6 heteroatoms. The summed E-state index contributed by atoms with van der Waals surface area (Å²) < 4.78 is 2.07. The van der Waals surface area contributed by atoms with E-state index in [1.165, 1.54) is 0 Å². The summed E-state index contributed by atoms with van der Waals surface area (Å²) in [5.41, 5.74) is 5.29. The van der Waals surface area contributed by atoms with Gasteiger partial charge in [-0.2, -0.15) is 5.26 Å². The number of fused-ring (bicyclic) bond motifs is 3. The summed E-state index contributed by atoms with van der Waals surface area (Å²) in [5.74, 6) is -0.248. The van der Waals surface area contributed by atoms with E-state index < -0.39 is 0 Å². The highest BCUT2D eigenvalue weighted by Gasteiger charge is 2.18. The molecular weight excluding hydrogens is 527 g/mol. The Balaban J connectivity index is 1.56. The third-order valence-corrected chi connectivity index (χ3v) is 7.26. The number of rotatable bonds is 5. The molecule has 4 nitrogen and oxygen atoms in total. The van der Waals surface area contributed by atoms with Crippen molar-refractivity contribution in [3.05, 3.63) is 147 Å². The van der Waals surface area contributed by atoms with Crippen LogP contribution in [0.4, 0.5) is 0 Å². The summed E-state index contributed by atoms with van der Waals surface area (Å²) in [4.78, 5) is 26.7. The Morgan fingerprint density at radius 1 is 0.564 bits per heavy atom. The van der Waals surface area contributed by atoms with E-state index in [2.05, 4.69) is 10.6 Å². The van der Waals surface area contributed by atoms with Crippen molar-refractivity contribution in [2.24, 2.45) is 0 Å². The minimum atomic E-state index is -0.124. The van der Waals surface area contributed by atoms with E-state index in [0.29, 0.717) is 37.9 Å². The standard InChI is InChI=1S/C33H18Cl2N2O2/c34-25-9-3-21(4-10-25)32(38)23-7-15-30-28(17-23)29-18-24(33(39)22-5-11-26(35)12-6-22)8-16-31(29)37(30)27-13-1-20(19-36)2-14-27/h1-18H. The fourth-order valence-electron chi connectivity index (χ4n) is 4.80. The number of halogens is 2. The lowest BCUT2D eigenvalue weighted by Gasteiger charge is -2.09. The van der Waals surface area contributed by atoms with Gasteiger partial charge in [0, 0.05) is 48.8 Å². The molecule has 0 unspecified atom stereocenters. The molecule has 6 rings (SSSR count). The Labute approximate surface area is 234 Å². The van der Waals surface area contributed by atoms with E-state index in [0.717, 1.165) is 27.5 Å². The average molecular weight is 545 g/mol. The number of carbonyl (C=O) groups is 2. The van der Waals surface area contributed by atoms with Crippen molar-refractivity contribution in [2.45, 2.75) is 0 Å². The molecule has 0 fully saturated rings. The Hall–Kier alpha value is -4.69. The van der Waals surface area contributed by atoms with Crippen LogP contribution in [0.1, 0.15) is 37.4 Å². The lowest BCUT2D eigenvalue weighted by atomic mass is 9.99. The van der Waals surface area contributed by atoms with Gasteiger partial charge in [0.25, 0.3) is 0 Å². The van der Waals surface area contributed by atoms with Crippen LogP contribution in [0.5, 0.6) is 0 Å². The molecule has 0 aliphatic heterocycles. The van der Waals surface area contributed by atoms with Gasteiger partial charge in [0.05, 0.1) is 22.7 Å². The van der Waals surface area contributed by atoms with E-state index in [-0.39, 0.29) is 11.6 Å². The largest absolute Gasteiger partial charge is 0.309 e. The lowest BCUT2D eigenvalue weighted by Crippen LogP contribution is -2.01. The van der Waals surface area contributed by atoms with Crippen molar-refractivity contribution in [3.63, 3.8) is 0 Å². The smallest absolute Gasteiger partial charge is 0.193 e. The molecule has 39 heavy (non-hydrogen) atoms. The van der Waals surface area contributed by atoms with E-state index in [1.54, 1.807) is 72.8 Å². The third kappa shape index (κ3) is 4.49. The molecule has 1 aromatic heterocycles. The number of nitrogens with zero attached hydrogens (tertiary/aromatic N) is 2. The number of aromatic nitrogens is 1. The number of ketones is 2. The molecule has 186 valence electrons. The number of benzene rings is 5. The molecule has 0 saturated carbocycles. The summed E-state index contributed by atoms with van der Waals surface area (Å²) >= 11 is 12.0. The van der Waals surface area contributed by atoms with Crippen molar-refractivity contribution < 1.29 is 9.59 Å². The number of hydrogen-bond acceptors (Lipinski definition) is 3. The molecule has 0 amide bonds. The maximum Gasteiger partial charge on any atom is 0.193 e. The maximum atomic E-state index is 13.3. The second-order valence-corrected chi connectivity index (χ2v) is 10.0. The third-order valence-electron chi connectivity index (χ3n) is 6.76. The van der Waals surface area contributed by atoms with Crippen LogP contribution in [0.25, 0.3) is 27.5 Å². The van der Waals surface area contributed by atoms with E-state index in [1.807, 2.05) is 36.4 Å². The maximum absolute atomic E-state index is 13.3. The van der Waals surface area contributed by atoms with Crippen LogP contribution < -0.4 is 0 Å². The Bertz CT molecular complexity index is 1830. The van der Waals surface area contributed by atoms with Crippen LogP contribution in [-0.4, -0.2) is 16.1 Å². The molecule has 0 saturated heterocycles. The monoisotopic (exact) mass is 544 g/mol. The predicted octanol–water partition coefficient (Wildman–Crippen LogP) is 8.42. The molecule has 6 aromatic rings. The molecule has 5 aromatic carbocycles. The van der Waals surface area contributed by atoms with Crippen LogP contribution in [0.2, 0.25) is 10.0 Å². The van der Waals surface area contributed by atoms with Crippen molar-refractivity contribution in [1.29, 1.82) is 5.26 Å². The van der Waals surface area contributed by atoms with Crippen LogP contribution in [0.15, 0.2) is 109 Å². The van der Waals surface area contributed by atoms with Gasteiger partial charge in [-0.05, 0) is 109 Å². The summed E-state index contributed by atoms with van der Waals surface area (Å²) in [6.07, 6.45) is 0. The Morgan fingerprint density at radius 3 is 1.38 bits per heavy atom. The molecule has 0 atom stereocenters. The van der Waals surface area contributed by atoms with Gasteiger partial charge in [-0.15, -0.1) is 0 Å². The normalized spacial score (nSPS) is 11.0. The summed E-state index contributed by atoms with van der Waals surface area (Å²) in [5, 5.41) is 12.0. The Kier molecular flexibility index (Phi) is 6.24. The van der Waals surface area contributed by atoms with Gasteiger partial charge in [-0.1, -0.05) is 23.2 Å². The first kappa shape index (κ1) is 24.6. The zero-order chi connectivity index (χ0) is 27.1. The topological polar surface area (TPSA) is 62.9 Å². The molecule has 0 aliphatic carbocycles. The van der Waals surface area contributed by atoms with Crippen molar-refractivity contribution in [1.82, 2.24) is 4.57 Å². The van der Waals surface area contributed by atoms with Gasteiger partial charge >= 0.3 is 0 Å². The van der Waals surface area contributed by atoms with Gasteiger partial charge in [-0.3, -0.25) is 9.59 Å². The van der Waals surface area contributed by atoms with Crippen molar-refractivity contribution in [3.8, 4) is 11.8 Å². The highest BCUT2D eigenvalue weighted by molar-refractivity contribution is 6.31. The first-order valence-electron chi connectivity index (χ1n) is 12.1. The average Bonchev–Trinajstić information content (AvgIpc) is 3.30. The molecule has 0 aliphatic rings. The Morgan fingerprint density at radius 2 is 0.974 bits per heavy atom. The molecular formula is C33H18Cl2N2O2. The first-order valence-corrected chi connectivity index (χ1v) is 12.9. The predicted molar refractivity (Wildman–Crippen MR) is 155 cm³/mol. The quantitative estimate of drug-likeness (QED) is 0.204. The zero-order valence-corrected chi connectivity index (χ0v) is 21.9. The summed E-state index contributed by atoms with van der Waals surface area (Å²) in [6.45, 7) is 0. The highest BCUT2D eigenvalue weighted by atomic mass is 35.5. The highest BCUT2D eigenvalue weighted by Crippen LogP contribution is 2.34. The minimum absolute atomic E-state index is 0.124. The van der Waals surface area contributed by atoms with E-state index in [9.17, 15) is 14.9 Å². The molecule has 0 N–H and O–H groups in total. The molecule has 0 bridgehead atoms. The zero-order valence-electron chi connectivity index (χ0n) is 20.4. The van der Waals surface area contributed by atoms with Gasteiger partial charge in [0.1, 0.15) is 0 Å². The fourth-order valence-corrected chi connectivity index (χ4v) is 5.06. The van der Waals surface area contributed by atoms with Gasteiger partial charge in [-0.25, -0.2) is 0 Å². The first-order chi connectivity index (χ1) is 18.9. The van der Waals surface area contributed by atoms with Crippen LogP contribution in [0, 0.1) is 11.3 Å². The lowest BCUT2D eigenvalue weighted by molar-refractivity contribution is 0.103. The summed E-state index contributed by atoms with van der Waals surface area (Å²) in [6, 6.07) is 34.2. The van der Waals surface area contributed by atoms with E-state index in [4.69, 9.17) is 23.2 Å². The van der Waals surface area contributed by atoms with Crippen LogP contribution >= 0.6 is 23.2 Å². The van der Waals surface area contributed by atoms with Crippen LogP contribution in [-0.2, 0) is 0 Å². The number of nitriles is 1. The number of carbonyl (C=O) groups excluding carboxylic acids is 2. The van der Waals surface area contributed by atoms with Crippen LogP contribution in [0.3, 0.4) is 0 Å². The second kappa shape index (κ2) is 9.89. The minimum Gasteiger partial charge on any atom is -0.309 e. The van der Waals surface area contributed by atoms with Gasteiger partial charge in [0.15, 0.2) is 11.6 Å². The molecule has 0 radical (unpaired) electrons. The van der Waals surface area contributed by atoms with E-state index >= 15 is 0 Å². The SMILES string of the molecule is N#Cc1ccc(-n2c3ccc(C(=O)c4ccc(Cl)cc4)cc3c3cc(C(=O)c4ccc(Cl)cc4)ccc32)cc1. The van der Waals surface area contributed by atoms with Crippen molar-refractivity contribution in [2.75, 3.05) is 0 Å². The number of hydrogen-bond donors (Lipinski definition) is 0.